The van der Waals surface area contributed by atoms with Crippen molar-refractivity contribution >= 4 is 17.7 Å². The fraction of sp³-hybridized carbons (Fsp3) is 0.345. The smallest absolute Gasteiger partial charge is 0.303 e. The third kappa shape index (κ3) is 3.95. The number of carbonyl (C=O) groups is 1. The lowest BCUT2D eigenvalue weighted by Crippen LogP contribution is -2.07. The zero-order valence-electron chi connectivity index (χ0n) is 19.7. The van der Waals surface area contributed by atoms with Crippen molar-refractivity contribution < 1.29 is 14.6 Å². The van der Waals surface area contributed by atoms with Gasteiger partial charge in [0.1, 0.15) is 11.9 Å². The van der Waals surface area contributed by atoms with Crippen molar-refractivity contribution in [1.29, 1.82) is 0 Å². The molecule has 4 heteroatoms. The summed E-state index contributed by atoms with van der Waals surface area (Å²) >= 11 is 1.76. The molecule has 1 aliphatic heterocycles. The summed E-state index contributed by atoms with van der Waals surface area (Å²) in [6.45, 7) is 8.68. The van der Waals surface area contributed by atoms with E-state index in [0.29, 0.717) is 0 Å². The highest BCUT2D eigenvalue weighted by Gasteiger charge is 2.31. The Balaban J connectivity index is 1.46. The minimum absolute atomic E-state index is 0.0454. The SMILES string of the molecule is Cc1cc(C)c(-c2cccc3c2CCC3Oc2ccc3c(c2C)SCC3CC(=O)O)c(C)c1. The molecule has 0 amide bonds. The summed E-state index contributed by atoms with van der Waals surface area (Å²) in [6, 6.07) is 15.3. The van der Waals surface area contributed by atoms with Crippen LogP contribution in [0.5, 0.6) is 5.75 Å². The van der Waals surface area contributed by atoms with Gasteiger partial charge in [0, 0.05) is 22.1 Å². The lowest BCUT2D eigenvalue weighted by Gasteiger charge is -2.20. The first-order valence-corrected chi connectivity index (χ1v) is 12.7. The number of carboxylic acids is 1. The molecule has 1 heterocycles. The number of aryl methyl sites for hydroxylation is 3. The Bertz CT molecular complexity index is 1240. The third-order valence-electron chi connectivity index (χ3n) is 7.11. The Morgan fingerprint density at radius 1 is 1.06 bits per heavy atom. The fourth-order valence-electron chi connectivity index (χ4n) is 5.72. The molecule has 2 aliphatic rings. The van der Waals surface area contributed by atoms with Crippen LogP contribution in [0.1, 0.15) is 63.8 Å². The Morgan fingerprint density at radius 3 is 2.55 bits per heavy atom. The molecule has 2 atom stereocenters. The number of fused-ring (bicyclic) bond motifs is 2. The average Bonchev–Trinajstić information content (AvgIpc) is 3.34. The molecule has 1 N–H and O–H groups in total. The van der Waals surface area contributed by atoms with Crippen molar-refractivity contribution in [3.63, 3.8) is 0 Å². The largest absolute Gasteiger partial charge is 0.485 e. The maximum atomic E-state index is 11.2. The summed E-state index contributed by atoms with van der Waals surface area (Å²) in [4.78, 5) is 12.4. The number of ether oxygens (including phenoxy) is 1. The highest BCUT2D eigenvalue weighted by atomic mass is 32.2. The van der Waals surface area contributed by atoms with Gasteiger partial charge in [-0.05, 0) is 85.5 Å². The van der Waals surface area contributed by atoms with E-state index in [1.807, 2.05) is 6.07 Å². The molecule has 0 radical (unpaired) electrons. The monoisotopic (exact) mass is 458 g/mol. The molecular weight excluding hydrogens is 428 g/mol. The lowest BCUT2D eigenvalue weighted by molar-refractivity contribution is -0.137. The zero-order chi connectivity index (χ0) is 23.3. The van der Waals surface area contributed by atoms with Gasteiger partial charge in [0.15, 0.2) is 0 Å². The molecule has 0 saturated heterocycles. The Labute approximate surface area is 200 Å². The van der Waals surface area contributed by atoms with Crippen LogP contribution in [0.15, 0.2) is 47.4 Å². The van der Waals surface area contributed by atoms with Crippen LogP contribution >= 0.6 is 11.8 Å². The van der Waals surface area contributed by atoms with Crippen molar-refractivity contribution in [3.8, 4) is 16.9 Å². The van der Waals surface area contributed by atoms with E-state index in [4.69, 9.17) is 4.74 Å². The quantitative estimate of drug-likeness (QED) is 0.435. The molecule has 0 aromatic heterocycles. The molecule has 3 nitrogen and oxygen atoms in total. The Kier molecular flexibility index (Phi) is 5.74. The topological polar surface area (TPSA) is 46.5 Å². The zero-order valence-corrected chi connectivity index (χ0v) is 20.5. The van der Waals surface area contributed by atoms with E-state index in [1.54, 1.807) is 11.8 Å². The van der Waals surface area contributed by atoms with Crippen LogP contribution in [-0.2, 0) is 11.2 Å². The van der Waals surface area contributed by atoms with Gasteiger partial charge in [0.25, 0.3) is 0 Å². The van der Waals surface area contributed by atoms with Gasteiger partial charge >= 0.3 is 5.97 Å². The van der Waals surface area contributed by atoms with Crippen LogP contribution < -0.4 is 4.74 Å². The van der Waals surface area contributed by atoms with Crippen molar-refractivity contribution in [3.05, 3.63) is 81.4 Å². The van der Waals surface area contributed by atoms with Gasteiger partial charge < -0.3 is 9.84 Å². The van der Waals surface area contributed by atoms with E-state index < -0.39 is 5.97 Å². The molecule has 2 unspecified atom stereocenters. The Morgan fingerprint density at radius 2 is 1.82 bits per heavy atom. The van der Waals surface area contributed by atoms with Gasteiger partial charge in [-0.25, -0.2) is 0 Å². The second kappa shape index (κ2) is 8.57. The molecule has 0 saturated carbocycles. The van der Waals surface area contributed by atoms with Gasteiger partial charge in [-0.1, -0.05) is 42.0 Å². The predicted octanol–water partition coefficient (Wildman–Crippen LogP) is 7.32. The molecule has 33 heavy (non-hydrogen) atoms. The molecule has 0 fully saturated rings. The second-order valence-corrected chi connectivity index (χ2v) is 10.5. The van der Waals surface area contributed by atoms with Crippen LogP contribution in [0, 0.1) is 27.7 Å². The normalized spacial score (nSPS) is 18.8. The van der Waals surface area contributed by atoms with Crippen LogP contribution in [0.4, 0.5) is 0 Å². The maximum Gasteiger partial charge on any atom is 0.303 e. The van der Waals surface area contributed by atoms with Crippen molar-refractivity contribution in [2.24, 2.45) is 0 Å². The van der Waals surface area contributed by atoms with E-state index in [0.717, 1.165) is 35.5 Å². The summed E-state index contributed by atoms with van der Waals surface area (Å²) in [5.74, 6) is 1.11. The number of aliphatic carboxylic acids is 1. The van der Waals surface area contributed by atoms with Crippen molar-refractivity contribution in [2.45, 2.75) is 63.9 Å². The second-order valence-electron chi connectivity index (χ2n) is 9.51. The highest BCUT2D eigenvalue weighted by molar-refractivity contribution is 7.99. The lowest BCUT2D eigenvalue weighted by atomic mass is 9.89. The minimum Gasteiger partial charge on any atom is -0.485 e. The molecule has 3 aromatic rings. The fourth-order valence-corrected chi connectivity index (χ4v) is 7.10. The number of rotatable bonds is 5. The van der Waals surface area contributed by atoms with Gasteiger partial charge in [-0.2, -0.15) is 0 Å². The number of thioether (sulfide) groups is 1. The first-order chi connectivity index (χ1) is 15.8. The van der Waals surface area contributed by atoms with Crippen LogP contribution in [0.25, 0.3) is 11.1 Å². The molecule has 0 spiro atoms. The van der Waals surface area contributed by atoms with E-state index in [2.05, 4.69) is 64.1 Å². The van der Waals surface area contributed by atoms with Gasteiger partial charge in [0.05, 0.1) is 6.42 Å². The standard InChI is InChI=1S/C29H30O3S/c1-16-12-17(2)28(18(3)13-16)24-7-5-6-23-22(24)9-11-26(23)32-25-10-8-21-20(14-27(30)31)15-33-29(21)19(25)4/h5-8,10,12-13,20,26H,9,11,14-15H2,1-4H3,(H,30,31). The van der Waals surface area contributed by atoms with Crippen molar-refractivity contribution in [2.75, 3.05) is 5.75 Å². The molecule has 3 aromatic carbocycles. The molecular formula is C29H30O3S. The minimum atomic E-state index is -0.733. The van der Waals surface area contributed by atoms with Gasteiger partial charge in [0.2, 0.25) is 0 Å². The number of benzene rings is 3. The van der Waals surface area contributed by atoms with Crippen LogP contribution in [0.3, 0.4) is 0 Å². The summed E-state index contributed by atoms with van der Waals surface area (Å²) in [6.07, 6.45) is 2.23. The van der Waals surface area contributed by atoms with Gasteiger partial charge in [-0.3, -0.25) is 4.79 Å². The summed E-state index contributed by atoms with van der Waals surface area (Å²) in [5.41, 5.74) is 11.7. The summed E-state index contributed by atoms with van der Waals surface area (Å²) < 4.78 is 6.61. The Hall–Kier alpha value is -2.72. The van der Waals surface area contributed by atoms with E-state index in [1.165, 1.54) is 43.8 Å². The van der Waals surface area contributed by atoms with Gasteiger partial charge in [-0.15, -0.1) is 11.8 Å². The average molecular weight is 459 g/mol. The number of hydrogen-bond donors (Lipinski definition) is 1. The van der Waals surface area contributed by atoms with E-state index >= 15 is 0 Å². The maximum absolute atomic E-state index is 11.2. The van der Waals surface area contributed by atoms with E-state index in [9.17, 15) is 9.90 Å². The van der Waals surface area contributed by atoms with E-state index in [-0.39, 0.29) is 18.4 Å². The highest BCUT2D eigenvalue weighted by Crippen LogP contribution is 2.47. The number of carboxylic acid groups (broad SMARTS) is 1. The predicted molar refractivity (Wildman–Crippen MR) is 135 cm³/mol. The number of hydrogen-bond acceptors (Lipinski definition) is 3. The molecule has 0 bridgehead atoms. The third-order valence-corrected chi connectivity index (χ3v) is 8.51. The first kappa shape index (κ1) is 22.1. The summed E-state index contributed by atoms with van der Waals surface area (Å²) in [5, 5.41) is 9.22. The van der Waals surface area contributed by atoms with Crippen LogP contribution in [0.2, 0.25) is 0 Å². The first-order valence-electron chi connectivity index (χ1n) is 11.7. The molecule has 1 aliphatic carbocycles. The molecule has 5 rings (SSSR count). The van der Waals surface area contributed by atoms with Crippen molar-refractivity contribution in [1.82, 2.24) is 0 Å². The molecule has 170 valence electrons. The van der Waals surface area contributed by atoms with Crippen LogP contribution in [-0.4, -0.2) is 16.8 Å². The summed E-state index contributed by atoms with van der Waals surface area (Å²) in [7, 11) is 0.